The van der Waals surface area contributed by atoms with E-state index in [1.165, 1.54) is 18.9 Å². The molecule has 1 heterocycles. The molecule has 1 aromatic rings. The van der Waals surface area contributed by atoms with E-state index >= 15 is 0 Å². The van der Waals surface area contributed by atoms with Gasteiger partial charge in [0.05, 0.1) is 32.5 Å². The second-order valence-corrected chi connectivity index (χ2v) is 7.31. The summed E-state index contributed by atoms with van der Waals surface area (Å²) in [5.74, 6) is 1.12. The van der Waals surface area contributed by atoms with Gasteiger partial charge in [0, 0.05) is 18.0 Å². The molecule has 1 atom stereocenters. The highest BCUT2D eigenvalue weighted by atomic mass is 32.2. The third-order valence-corrected chi connectivity index (χ3v) is 5.44. The fraction of sp³-hybridized carbons (Fsp3) is 0.556. The van der Waals surface area contributed by atoms with Gasteiger partial charge in [-0.15, -0.1) is 11.8 Å². The standard InChI is InChI=1S/C18H25NO5S/c1-12(25-14-5-6-15(22-2)16(11-14)23-3)17(20)19-9-7-13(8-10-19)18(21)24-4/h5-6,11-13H,7-10H2,1-4H3/t12-/m0/s1. The highest BCUT2D eigenvalue weighted by molar-refractivity contribution is 8.00. The van der Waals surface area contributed by atoms with Crippen molar-refractivity contribution in [3.8, 4) is 11.5 Å². The van der Waals surface area contributed by atoms with E-state index in [9.17, 15) is 9.59 Å². The molecule has 2 rings (SSSR count). The fourth-order valence-electron chi connectivity index (χ4n) is 2.90. The summed E-state index contributed by atoms with van der Waals surface area (Å²) in [5, 5.41) is -0.215. The minimum absolute atomic E-state index is 0.0862. The maximum absolute atomic E-state index is 12.7. The van der Waals surface area contributed by atoms with Crippen LogP contribution in [0.1, 0.15) is 19.8 Å². The number of esters is 1. The lowest BCUT2D eigenvalue weighted by Crippen LogP contribution is -2.43. The van der Waals surface area contributed by atoms with Crippen LogP contribution in [0.15, 0.2) is 23.1 Å². The molecule has 1 aliphatic rings. The molecular weight excluding hydrogens is 342 g/mol. The number of carbonyl (C=O) groups excluding carboxylic acids is 2. The van der Waals surface area contributed by atoms with Crippen LogP contribution in [-0.2, 0) is 14.3 Å². The van der Waals surface area contributed by atoms with E-state index in [0.29, 0.717) is 37.4 Å². The Morgan fingerprint density at radius 3 is 2.32 bits per heavy atom. The number of amides is 1. The van der Waals surface area contributed by atoms with Crippen LogP contribution in [0, 0.1) is 5.92 Å². The second kappa shape index (κ2) is 8.99. The van der Waals surface area contributed by atoms with E-state index < -0.39 is 0 Å². The molecule has 1 amide bonds. The molecule has 1 aromatic carbocycles. The number of methoxy groups -OCH3 is 3. The number of benzene rings is 1. The van der Waals surface area contributed by atoms with Crippen molar-refractivity contribution < 1.29 is 23.8 Å². The zero-order valence-electron chi connectivity index (χ0n) is 15.1. The molecule has 0 unspecified atom stereocenters. The average Bonchev–Trinajstić information content (AvgIpc) is 2.66. The predicted octanol–water partition coefficient (Wildman–Crippen LogP) is 2.60. The molecule has 0 spiro atoms. The number of nitrogens with zero attached hydrogens (tertiary/aromatic N) is 1. The molecule has 6 nitrogen and oxygen atoms in total. The van der Waals surface area contributed by atoms with Gasteiger partial charge in [-0.2, -0.15) is 0 Å². The Morgan fingerprint density at radius 1 is 1.12 bits per heavy atom. The van der Waals surface area contributed by atoms with Crippen molar-refractivity contribution in [2.24, 2.45) is 5.92 Å². The predicted molar refractivity (Wildman–Crippen MR) is 96.2 cm³/mol. The first kappa shape index (κ1) is 19.4. The van der Waals surface area contributed by atoms with Crippen molar-refractivity contribution in [1.29, 1.82) is 0 Å². The molecule has 0 radical (unpaired) electrons. The van der Waals surface area contributed by atoms with Crippen LogP contribution in [0.4, 0.5) is 0 Å². The minimum Gasteiger partial charge on any atom is -0.493 e. The molecule has 0 bridgehead atoms. The monoisotopic (exact) mass is 367 g/mol. The molecule has 138 valence electrons. The maximum atomic E-state index is 12.7. The van der Waals surface area contributed by atoms with E-state index in [4.69, 9.17) is 14.2 Å². The molecule has 0 aromatic heterocycles. The summed E-state index contributed by atoms with van der Waals surface area (Å²) in [6.07, 6.45) is 1.32. The van der Waals surface area contributed by atoms with Gasteiger partial charge >= 0.3 is 5.97 Å². The number of carbonyl (C=O) groups is 2. The van der Waals surface area contributed by atoms with E-state index in [1.54, 1.807) is 14.2 Å². The lowest BCUT2D eigenvalue weighted by Gasteiger charge is -2.32. The summed E-state index contributed by atoms with van der Waals surface area (Å²) in [6, 6.07) is 5.62. The van der Waals surface area contributed by atoms with Crippen LogP contribution in [-0.4, -0.2) is 56.4 Å². The highest BCUT2D eigenvalue weighted by Crippen LogP contribution is 2.34. The number of ether oxygens (including phenoxy) is 3. The normalized spacial score (nSPS) is 16.2. The van der Waals surface area contributed by atoms with E-state index in [0.717, 1.165) is 4.90 Å². The molecule has 1 fully saturated rings. The lowest BCUT2D eigenvalue weighted by atomic mass is 9.97. The van der Waals surface area contributed by atoms with Gasteiger partial charge in [0.2, 0.25) is 5.91 Å². The summed E-state index contributed by atoms with van der Waals surface area (Å²) in [7, 11) is 4.59. The number of piperidine rings is 1. The van der Waals surface area contributed by atoms with Crippen LogP contribution < -0.4 is 9.47 Å². The van der Waals surface area contributed by atoms with Gasteiger partial charge in [-0.1, -0.05) is 0 Å². The van der Waals surface area contributed by atoms with Gasteiger partial charge in [0.1, 0.15) is 0 Å². The lowest BCUT2D eigenvalue weighted by molar-refractivity contribution is -0.148. The smallest absolute Gasteiger partial charge is 0.308 e. The van der Waals surface area contributed by atoms with Crippen LogP contribution in [0.25, 0.3) is 0 Å². The van der Waals surface area contributed by atoms with Crippen molar-refractivity contribution in [2.45, 2.75) is 29.9 Å². The first-order valence-corrected chi connectivity index (χ1v) is 9.13. The topological polar surface area (TPSA) is 65.1 Å². The Hall–Kier alpha value is -1.89. The van der Waals surface area contributed by atoms with E-state index in [2.05, 4.69) is 0 Å². The SMILES string of the molecule is COC(=O)C1CCN(C(=O)[C@H](C)Sc2ccc(OC)c(OC)c2)CC1. The van der Waals surface area contributed by atoms with E-state index in [-0.39, 0.29) is 23.0 Å². The third-order valence-electron chi connectivity index (χ3n) is 4.36. The summed E-state index contributed by atoms with van der Waals surface area (Å²) < 4.78 is 15.3. The Kier molecular flexibility index (Phi) is 6.99. The number of thioether (sulfide) groups is 1. The van der Waals surface area contributed by atoms with Crippen molar-refractivity contribution in [1.82, 2.24) is 4.90 Å². The Bertz CT molecular complexity index is 613. The van der Waals surface area contributed by atoms with Crippen LogP contribution in [0.3, 0.4) is 0 Å². The Labute approximate surface area is 152 Å². The molecule has 1 saturated heterocycles. The van der Waals surface area contributed by atoms with Gasteiger partial charge in [-0.05, 0) is 38.0 Å². The number of hydrogen-bond acceptors (Lipinski definition) is 6. The molecule has 0 saturated carbocycles. The molecular formula is C18H25NO5S. The molecule has 7 heteroatoms. The third kappa shape index (κ3) is 4.81. The zero-order valence-corrected chi connectivity index (χ0v) is 15.9. The summed E-state index contributed by atoms with van der Waals surface area (Å²) in [6.45, 7) is 3.08. The summed E-state index contributed by atoms with van der Waals surface area (Å²) >= 11 is 1.49. The Balaban J connectivity index is 1.94. The first-order chi connectivity index (χ1) is 12.0. The Morgan fingerprint density at radius 2 is 1.76 bits per heavy atom. The quantitative estimate of drug-likeness (QED) is 0.569. The van der Waals surface area contributed by atoms with Crippen LogP contribution >= 0.6 is 11.8 Å². The van der Waals surface area contributed by atoms with Crippen molar-refractivity contribution >= 4 is 23.6 Å². The number of hydrogen-bond donors (Lipinski definition) is 0. The van der Waals surface area contributed by atoms with Crippen molar-refractivity contribution in [3.63, 3.8) is 0 Å². The van der Waals surface area contributed by atoms with Gasteiger partial charge < -0.3 is 19.1 Å². The first-order valence-electron chi connectivity index (χ1n) is 8.25. The highest BCUT2D eigenvalue weighted by Gasteiger charge is 2.30. The van der Waals surface area contributed by atoms with Crippen molar-refractivity contribution in [3.05, 3.63) is 18.2 Å². The van der Waals surface area contributed by atoms with Crippen LogP contribution in [0.5, 0.6) is 11.5 Å². The number of rotatable bonds is 6. The summed E-state index contributed by atoms with van der Waals surface area (Å²) in [4.78, 5) is 27.0. The minimum atomic E-state index is -0.215. The van der Waals surface area contributed by atoms with Gasteiger partial charge in [-0.3, -0.25) is 9.59 Å². The molecule has 0 N–H and O–H groups in total. The average molecular weight is 367 g/mol. The molecule has 1 aliphatic heterocycles. The van der Waals surface area contributed by atoms with E-state index in [1.807, 2.05) is 30.0 Å². The summed E-state index contributed by atoms with van der Waals surface area (Å²) in [5.41, 5.74) is 0. The maximum Gasteiger partial charge on any atom is 0.308 e. The van der Waals surface area contributed by atoms with Gasteiger partial charge in [-0.25, -0.2) is 0 Å². The van der Waals surface area contributed by atoms with Gasteiger partial charge in [0.25, 0.3) is 0 Å². The second-order valence-electron chi connectivity index (χ2n) is 5.90. The molecule has 25 heavy (non-hydrogen) atoms. The largest absolute Gasteiger partial charge is 0.493 e. The van der Waals surface area contributed by atoms with Gasteiger partial charge in [0.15, 0.2) is 11.5 Å². The fourth-order valence-corrected chi connectivity index (χ4v) is 3.88. The van der Waals surface area contributed by atoms with Crippen LogP contribution in [0.2, 0.25) is 0 Å². The number of likely N-dealkylation sites (tertiary alicyclic amines) is 1. The zero-order chi connectivity index (χ0) is 18.4. The molecule has 0 aliphatic carbocycles. The van der Waals surface area contributed by atoms with Crippen molar-refractivity contribution in [2.75, 3.05) is 34.4 Å².